The Balaban J connectivity index is 1.98. The zero-order chi connectivity index (χ0) is 17.7. The van der Waals surface area contributed by atoms with E-state index in [2.05, 4.69) is 80.6 Å². The second kappa shape index (κ2) is 5.81. The Bertz CT molecular complexity index is 1300. The summed E-state index contributed by atoms with van der Waals surface area (Å²) in [5.41, 5.74) is 3.69. The molecule has 0 saturated carbocycles. The van der Waals surface area contributed by atoms with Crippen LogP contribution < -0.4 is 0 Å². The third kappa shape index (κ3) is 2.20. The number of pyridine rings is 1. The standard InChI is InChI=1S/C25H21N/c1-3-16-9-10-18-14-22-21-12-11-17-7-5-6-8-20(17)25(21)26-24(4-2)23(22)15-19(18)13-16/h5-15H,3-4H2,1-2H3. The molecular weight excluding hydrogens is 314 g/mol. The lowest BCUT2D eigenvalue weighted by Gasteiger charge is -2.12. The Morgan fingerprint density at radius 3 is 2.27 bits per heavy atom. The van der Waals surface area contributed by atoms with Crippen LogP contribution in [0.3, 0.4) is 0 Å². The molecule has 0 unspecified atom stereocenters. The minimum absolute atomic E-state index is 0.939. The van der Waals surface area contributed by atoms with Crippen LogP contribution in [0.2, 0.25) is 0 Å². The molecule has 1 nitrogen and oxygen atoms in total. The molecule has 5 aromatic rings. The summed E-state index contributed by atoms with van der Waals surface area (Å²) in [5.74, 6) is 0. The van der Waals surface area contributed by atoms with Crippen LogP contribution in [0.4, 0.5) is 0 Å². The van der Waals surface area contributed by atoms with E-state index < -0.39 is 0 Å². The maximum absolute atomic E-state index is 5.10. The van der Waals surface area contributed by atoms with Gasteiger partial charge in [-0.15, -0.1) is 0 Å². The zero-order valence-corrected chi connectivity index (χ0v) is 15.2. The molecule has 0 fully saturated rings. The van der Waals surface area contributed by atoms with Crippen LogP contribution in [-0.4, -0.2) is 4.98 Å². The van der Waals surface area contributed by atoms with Gasteiger partial charge in [0.25, 0.3) is 0 Å². The highest BCUT2D eigenvalue weighted by Crippen LogP contribution is 2.34. The van der Waals surface area contributed by atoms with E-state index in [1.807, 2.05) is 0 Å². The van der Waals surface area contributed by atoms with Crippen LogP contribution in [0, 0.1) is 0 Å². The summed E-state index contributed by atoms with van der Waals surface area (Å²) in [7, 11) is 0. The van der Waals surface area contributed by atoms with E-state index in [-0.39, 0.29) is 0 Å². The van der Waals surface area contributed by atoms with E-state index in [0.717, 1.165) is 18.4 Å². The Morgan fingerprint density at radius 2 is 1.42 bits per heavy atom. The van der Waals surface area contributed by atoms with Crippen molar-refractivity contribution in [2.75, 3.05) is 0 Å². The molecule has 5 rings (SSSR count). The topological polar surface area (TPSA) is 12.9 Å². The molecule has 0 spiro atoms. The Kier molecular flexibility index (Phi) is 3.43. The lowest BCUT2D eigenvalue weighted by molar-refractivity contribution is 1.08. The quantitative estimate of drug-likeness (QED) is 0.255. The molecule has 0 N–H and O–H groups in total. The van der Waals surface area contributed by atoms with Gasteiger partial charge in [-0.3, -0.25) is 4.98 Å². The first kappa shape index (κ1) is 15.3. The highest BCUT2D eigenvalue weighted by atomic mass is 14.7. The monoisotopic (exact) mass is 335 g/mol. The van der Waals surface area contributed by atoms with Crippen molar-refractivity contribution in [3.63, 3.8) is 0 Å². The van der Waals surface area contributed by atoms with E-state index in [1.165, 1.54) is 49.0 Å². The summed E-state index contributed by atoms with van der Waals surface area (Å²) in [4.78, 5) is 5.10. The fourth-order valence-corrected chi connectivity index (χ4v) is 4.09. The van der Waals surface area contributed by atoms with Crippen LogP contribution in [0.25, 0.3) is 43.2 Å². The van der Waals surface area contributed by atoms with Gasteiger partial charge in [0.2, 0.25) is 0 Å². The Hall–Kier alpha value is -2.93. The minimum atomic E-state index is 0.939. The number of rotatable bonds is 2. The fraction of sp³-hybridized carbons (Fsp3) is 0.160. The number of nitrogens with zero attached hydrogens (tertiary/aromatic N) is 1. The zero-order valence-electron chi connectivity index (χ0n) is 15.2. The van der Waals surface area contributed by atoms with Crippen molar-refractivity contribution in [2.45, 2.75) is 26.7 Å². The van der Waals surface area contributed by atoms with E-state index >= 15 is 0 Å². The summed E-state index contributed by atoms with van der Waals surface area (Å²) in [6, 6.07) is 24.5. The van der Waals surface area contributed by atoms with Crippen molar-refractivity contribution < 1.29 is 0 Å². The lowest BCUT2D eigenvalue weighted by atomic mass is 9.95. The number of hydrogen-bond donors (Lipinski definition) is 0. The van der Waals surface area contributed by atoms with Crippen LogP contribution in [0.1, 0.15) is 25.1 Å². The average Bonchev–Trinajstić information content (AvgIpc) is 2.71. The first-order valence-electron chi connectivity index (χ1n) is 9.45. The van der Waals surface area contributed by atoms with Crippen LogP contribution in [0.5, 0.6) is 0 Å². The maximum Gasteiger partial charge on any atom is 0.0790 e. The second-order valence-corrected chi connectivity index (χ2v) is 7.03. The van der Waals surface area contributed by atoms with Gasteiger partial charge in [-0.05, 0) is 52.1 Å². The van der Waals surface area contributed by atoms with Gasteiger partial charge in [0.15, 0.2) is 0 Å². The van der Waals surface area contributed by atoms with Crippen molar-refractivity contribution in [1.82, 2.24) is 4.98 Å². The van der Waals surface area contributed by atoms with Crippen LogP contribution in [0.15, 0.2) is 66.7 Å². The number of benzene rings is 4. The highest BCUT2D eigenvalue weighted by molar-refractivity contribution is 6.18. The van der Waals surface area contributed by atoms with Crippen molar-refractivity contribution in [3.8, 4) is 0 Å². The number of aromatic nitrogens is 1. The summed E-state index contributed by atoms with van der Waals surface area (Å²) in [6.45, 7) is 4.41. The average molecular weight is 335 g/mol. The SMILES string of the molecule is CCc1ccc2cc3c(cc2c1)c(CC)nc1c2ccccc2ccc31. The normalized spacial score (nSPS) is 11.8. The fourth-order valence-electron chi connectivity index (χ4n) is 4.09. The van der Waals surface area contributed by atoms with Crippen molar-refractivity contribution in [3.05, 3.63) is 78.0 Å². The third-order valence-corrected chi connectivity index (χ3v) is 5.53. The van der Waals surface area contributed by atoms with Gasteiger partial charge in [0.05, 0.1) is 5.52 Å². The van der Waals surface area contributed by atoms with E-state index in [9.17, 15) is 0 Å². The maximum atomic E-state index is 5.10. The minimum Gasteiger partial charge on any atom is -0.252 e. The molecule has 4 aromatic carbocycles. The van der Waals surface area contributed by atoms with Gasteiger partial charge >= 0.3 is 0 Å². The Morgan fingerprint density at radius 1 is 0.615 bits per heavy atom. The summed E-state index contributed by atoms with van der Waals surface area (Å²) >= 11 is 0. The molecule has 0 bridgehead atoms. The van der Waals surface area contributed by atoms with Crippen LogP contribution in [-0.2, 0) is 12.8 Å². The van der Waals surface area contributed by atoms with E-state index in [1.54, 1.807) is 0 Å². The van der Waals surface area contributed by atoms with Crippen molar-refractivity contribution in [2.24, 2.45) is 0 Å². The van der Waals surface area contributed by atoms with Crippen molar-refractivity contribution in [1.29, 1.82) is 0 Å². The molecule has 0 aliphatic heterocycles. The molecule has 1 heteroatoms. The Labute approximate surface area is 153 Å². The van der Waals surface area contributed by atoms with Crippen molar-refractivity contribution >= 4 is 43.2 Å². The summed E-state index contributed by atoms with van der Waals surface area (Å²) in [6.07, 6.45) is 2.01. The molecule has 0 aliphatic rings. The van der Waals surface area contributed by atoms with Gasteiger partial charge in [0.1, 0.15) is 0 Å². The van der Waals surface area contributed by atoms with Gasteiger partial charge in [-0.2, -0.15) is 0 Å². The molecule has 0 radical (unpaired) electrons. The highest BCUT2D eigenvalue weighted by Gasteiger charge is 2.11. The summed E-state index contributed by atoms with van der Waals surface area (Å²) < 4.78 is 0. The molecule has 26 heavy (non-hydrogen) atoms. The van der Waals surface area contributed by atoms with Gasteiger partial charge < -0.3 is 0 Å². The van der Waals surface area contributed by atoms with Crippen LogP contribution >= 0.6 is 0 Å². The molecule has 0 saturated heterocycles. The first-order valence-corrected chi connectivity index (χ1v) is 9.45. The van der Waals surface area contributed by atoms with Gasteiger partial charge in [-0.25, -0.2) is 0 Å². The number of fused-ring (bicyclic) bond motifs is 6. The van der Waals surface area contributed by atoms with E-state index in [4.69, 9.17) is 4.98 Å². The lowest BCUT2D eigenvalue weighted by Crippen LogP contribution is -1.93. The molecule has 0 amide bonds. The molecule has 0 aliphatic carbocycles. The first-order chi connectivity index (χ1) is 12.8. The van der Waals surface area contributed by atoms with Gasteiger partial charge in [-0.1, -0.05) is 68.4 Å². The number of aryl methyl sites for hydroxylation is 2. The molecule has 126 valence electrons. The molecule has 1 heterocycles. The van der Waals surface area contributed by atoms with Gasteiger partial charge in [0, 0.05) is 21.9 Å². The third-order valence-electron chi connectivity index (χ3n) is 5.53. The molecular formula is C25H21N. The predicted molar refractivity (Wildman–Crippen MR) is 113 cm³/mol. The summed E-state index contributed by atoms with van der Waals surface area (Å²) in [5, 5.41) is 8.96. The number of hydrogen-bond acceptors (Lipinski definition) is 1. The van der Waals surface area contributed by atoms with E-state index in [0.29, 0.717) is 0 Å². The smallest absolute Gasteiger partial charge is 0.0790 e. The molecule has 0 atom stereocenters. The predicted octanol–water partition coefficient (Wildman–Crippen LogP) is 6.82. The second-order valence-electron chi connectivity index (χ2n) is 7.03. The molecule has 1 aromatic heterocycles. The largest absolute Gasteiger partial charge is 0.252 e.